The lowest BCUT2D eigenvalue weighted by atomic mass is 9.71. The van der Waals surface area contributed by atoms with Gasteiger partial charge >= 0.3 is 11.9 Å². The fourth-order valence-corrected chi connectivity index (χ4v) is 10.0. The molecule has 5 heterocycles. The summed E-state index contributed by atoms with van der Waals surface area (Å²) in [6, 6.07) is 0.928. The number of likely N-dealkylation sites (N-methyl/N-ethyl adjacent to an activating group) is 1. The summed E-state index contributed by atoms with van der Waals surface area (Å²) >= 11 is 1.34. The minimum atomic E-state index is -1.13. The molecule has 4 bridgehead atoms. The van der Waals surface area contributed by atoms with E-state index in [1.807, 2.05) is 14.0 Å². The van der Waals surface area contributed by atoms with Crippen molar-refractivity contribution in [3.05, 3.63) is 39.4 Å². The number of carboxylic acid groups (broad SMARTS) is 1. The van der Waals surface area contributed by atoms with E-state index in [0.29, 0.717) is 46.1 Å². The maximum atomic E-state index is 13.6. The molecule has 0 aliphatic carbocycles. The zero-order valence-corrected chi connectivity index (χ0v) is 29.7. The van der Waals surface area contributed by atoms with Crippen LogP contribution in [0.15, 0.2) is 6.07 Å². The topological polar surface area (TPSA) is 189 Å². The molecule has 2 aromatic rings. The van der Waals surface area contributed by atoms with Crippen molar-refractivity contribution in [2.75, 3.05) is 47.2 Å². The van der Waals surface area contributed by atoms with Gasteiger partial charge in [-0.25, -0.2) is 4.79 Å². The fourth-order valence-electron chi connectivity index (χ4n) is 8.53. The number of nitrogens with zero attached hydrogens (tertiary/aromatic N) is 3. The number of amides is 1. The lowest BCUT2D eigenvalue weighted by Crippen LogP contribution is -2.69. The summed E-state index contributed by atoms with van der Waals surface area (Å²) in [5, 5.41) is 34.2. The third-order valence-corrected chi connectivity index (χ3v) is 12.0. The first-order chi connectivity index (χ1) is 24.5. The highest BCUT2D eigenvalue weighted by Crippen LogP contribution is 2.63. The quantitative estimate of drug-likeness (QED) is 0.266. The summed E-state index contributed by atoms with van der Waals surface area (Å²) in [5.41, 5.74) is 4.42. The van der Waals surface area contributed by atoms with Gasteiger partial charge in [0, 0.05) is 53.6 Å². The predicted molar refractivity (Wildman–Crippen MR) is 180 cm³/mol. The van der Waals surface area contributed by atoms with Gasteiger partial charge in [0.1, 0.15) is 24.4 Å². The minimum absolute atomic E-state index is 0.0111. The van der Waals surface area contributed by atoms with Crippen molar-refractivity contribution in [2.24, 2.45) is 0 Å². The Morgan fingerprint density at radius 1 is 1.12 bits per heavy atom. The Kier molecular flexibility index (Phi) is 9.34. The van der Waals surface area contributed by atoms with Gasteiger partial charge in [0.25, 0.3) is 0 Å². The molecule has 15 nitrogen and oxygen atoms in total. The van der Waals surface area contributed by atoms with Gasteiger partial charge in [0.2, 0.25) is 12.7 Å². The first-order valence-electron chi connectivity index (χ1n) is 16.7. The molecule has 16 heteroatoms. The van der Waals surface area contributed by atoms with E-state index in [4.69, 9.17) is 33.5 Å². The summed E-state index contributed by atoms with van der Waals surface area (Å²) in [5.74, 6) is -0.461. The van der Waals surface area contributed by atoms with E-state index >= 15 is 0 Å². The average molecular weight is 725 g/mol. The molecule has 2 fully saturated rings. The molecule has 0 radical (unpaired) electrons. The number of aryl methyl sites for hydroxylation is 1. The number of nitriles is 1. The number of carboxylic acids is 1. The van der Waals surface area contributed by atoms with Gasteiger partial charge in [-0.2, -0.15) is 5.26 Å². The Morgan fingerprint density at radius 3 is 2.59 bits per heavy atom. The Balaban J connectivity index is 1.44. The smallest absolute Gasteiger partial charge is 0.329 e. The van der Waals surface area contributed by atoms with Crippen LogP contribution < -0.4 is 24.3 Å². The van der Waals surface area contributed by atoms with E-state index in [9.17, 15) is 24.8 Å². The van der Waals surface area contributed by atoms with Crippen LogP contribution in [0, 0.1) is 25.2 Å². The molecule has 3 N–H and O–H groups in total. The number of esters is 1. The van der Waals surface area contributed by atoms with Gasteiger partial charge < -0.3 is 44.0 Å². The molecule has 1 amide bonds. The molecule has 51 heavy (non-hydrogen) atoms. The molecule has 1 unspecified atom stereocenters. The van der Waals surface area contributed by atoms with Gasteiger partial charge in [-0.3, -0.25) is 19.4 Å². The first kappa shape index (κ1) is 35.0. The molecule has 272 valence electrons. The molecular weight excluding hydrogens is 684 g/mol. The molecule has 5 aliphatic heterocycles. The number of rotatable bonds is 8. The molecule has 2 aromatic carbocycles. The number of cyclic esters (lactones) is 1. The summed E-state index contributed by atoms with van der Waals surface area (Å²) in [6.45, 7) is 3.38. The number of carbonyl (C=O) groups is 3. The summed E-state index contributed by atoms with van der Waals surface area (Å²) in [4.78, 5) is 41.9. The number of phenols is 1. The second-order valence-electron chi connectivity index (χ2n) is 13.4. The number of phenolic OH excluding ortho intramolecular Hbond substituents is 1. The van der Waals surface area contributed by atoms with Crippen molar-refractivity contribution in [2.45, 2.75) is 74.6 Å². The number of ether oxygens (including phenoxy) is 6. The van der Waals surface area contributed by atoms with Crippen LogP contribution in [0.25, 0.3) is 0 Å². The van der Waals surface area contributed by atoms with Gasteiger partial charge in [-0.05, 0) is 38.4 Å². The molecule has 7 rings (SSSR count). The van der Waals surface area contributed by atoms with Crippen molar-refractivity contribution < 1.29 is 53.0 Å². The number of fused-ring (bicyclic) bond motifs is 9. The van der Waals surface area contributed by atoms with Crippen LogP contribution >= 0.6 is 11.8 Å². The highest BCUT2D eigenvalue weighted by Gasteiger charge is 2.60. The number of carbonyl (C=O) groups excluding carboxylic acids is 2. The van der Waals surface area contributed by atoms with Crippen LogP contribution in [0.3, 0.4) is 0 Å². The van der Waals surface area contributed by atoms with Crippen LogP contribution in [0.2, 0.25) is 0 Å². The van der Waals surface area contributed by atoms with Crippen molar-refractivity contribution in [1.82, 2.24) is 15.1 Å². The molecule has 0 aromatic heterocycles. The SMILES string of the molecule is COCOc1c(OC)c(C)cc2c1[C@@H]1C3[C@@H]4SC[C@H](NC(=O)CCC(=O)O)C(=O)OC[C@@H](c5c6c(c(C)c(O)c54)OCO6)N3[C@@H](C#N)[C@H](C2)N1C. The molecule has 5 aliphatic rings. The van der Waals surface area contributed by atoms with Gasteiger partial charge in [-0.15, -0.1) is 11.8 Å². The Labute approximate surface area is 298 Å². The molecule has 0 spiro atoms. The van der Waals surface area contributed by atoms with Crippen LogP contribution in [0.5, 0.6) is 28.7 Å². The fraction of sp³-hybridized carbons (Fsp3) is 0.543. The van der Waals surface area contributed by atoms with Gasteiger partial charge in [-0.1, -0.05) is 6.07 Å². The van der Waals surface area contributed by atoms with E-state index in [2.05, 4.69) is 27.3 Å². The minimum Gasteiger partial charge on any atom is -0.507 e. The van der Waals surface area contributed by atoms with Crippen molar-refractivity contribution in [1.29, 1.82) is 5.26 Å². The molecular formula is C35H40N4O11S. The van der Waals surface area contributed by atoms with Crippen LogP contribution in [0.4, 0.5) is 0 Å². The van der Waals surface area contributed by atoms with E-state index in [1.165, 1.54) is 18.9 Å². The van der Waals surface area contributed by atoms with Crippen LogP contribution in [0.1, 0.15) is 63.6 Å². The Hall–Kier alpha value is -4.43. The standard InChI is InChI=1S/C35H40N4O11S/c1-15-8-17-9-19-20(10-36)39-21-11-47-35(44)18(37-22(40)6-7-23(41)42)12-51-34(26-25(21)33-31(49-14-50-33)16(2)29(26)43)28(39)27(38(19)3)24(17)32(30(15)46-5)48-13-45-4/h8,18-21,27-28,34,43H,6-7,9,11-14H2,1-5H3,(H,37,40)(H,41,42)/t18-,19-,20-,21-,27+,28?,34+/m0/s1. The third-order valence-electron chi connectivity index (χ3n) is 10.6. The largest absolute Gasteiger partial charge is 0.507 e. The lowest BCUT2D eigenvalue weighted by Gasteiger charge is -2.61. The highest BCUT2D eigenvalue weighted by molar-refractivity contribution is 7.99. The number of hydrogen-bond donors (Lipinski definition) is 3. The maximum Gasteiger partial charge on any atom is 0.329 e. The summed E-state index contributed by atoms with van der Waals surface area (Å²) in [7, 11) is 5.11. The maximum absolute atomic E-state index is 13.6. The Morgan fingerprint density at radius 2 is 1.88 bits per heavy atom. The number of aliphatic carboxylic acids is 1. The normalized spacial score (nSPS) is 27.7. The number of piperazine rings is 1. The summed E-state index contributed by atoms with van der Waals surface area (Å²) in [6.07, 6.45) is -0.175. The number of methoxy groups -OCH3 is 2. The second kappa shape index (κ2) is 13.6. The van der Waals surface area contributed by atoms with Gasteiger partial charge in [0.05, 0.1) is 36.9 Å². The first-order valence-corrected chi connectivity index (χ1v) is 17.7. The predicted octanol–water partition coefficient (Wildman–Crippen LogP) is 2.64. The number of benzene rings is 2. The van der Waals surface area contributed by atoms with Crippen molar-refractivity contribution in [3.8, 4) is 34.8 Å². The molecule has 0 saturated carbocycles. The Bertz CT molecular complexity index is 1830. The van der Waals surface area contributed by atoms with Crippen LogP contribution in [-0.2, 0) is 30.3 Å². The molecule has 7 atom stereocenters. The number of thioether (sulfide) groups is 1. The average Bonchev–Trinajstić information content (AvgIpc) is 3.59. The zero-order valence-electron chi connectivity index (χ0n) is 28.9. The monoisotopic (exact) mass is 724 g/mol. The number of hydrogen-bond acceptors (Lipinski definition) is 14. The van der Waals surface area contributed by atoms with Crippen LogP contribution in [-0.4, -0.2) is 109 Å². The van der Waals surface area contributed by atoms with E-state index in [-0.39, 0.29) is 44.2 Å². The lowest BCUT2D eigenvalue weighted by molar-refractivity contribution is -0.152. The summed E-state index contributed by atoms with van der Waals surface area (Å²) < 4.78 is 35.4. The van der Waals surface area contributed by atoms with Crippen molar-refractivity contribution in [3.63, 3.8) is 0 Å². The van der Waals surface area contributed by atoms with E-state index in [1.54, 1.807) is 14.0 Å². The van der Waals surface area contributed by atoms with Gasteiger partial charge in [0.15, 0.2) is 29.8 Å². The third kappa shape index (κ3) is 5.57. The van der Waals surface area contributed by atoms with E-state index in [0.717, 1.165) is 16.7 Å². The number of nitrogens with one attached hydrogen (secondary N) is 1. The second-order valence-corrected chi connectivity index (χ2v) is 14.5. The highest BCUT2D eigenvalue weighted by atomic mass is 32.2. The number of aromatic hydroxyl groups is 1. The zero-order chi connectivity index (χ0) is 36.3. The van der Waals surface area contributed by atoms with Crippen molar-refractivity contribution >= 4 is 29.6 Å². The van der Waals surface area contributed by atoms with E-state index < -0.39 is 59.7 Å². The molecule has 2 saturated heterocycles.